The number of nitriles is 2. The van der Waals surface area contributed by atoms with Crippen molar-refractivity contribution in [1.82, 2.24) is 14.7 Å². The van der Waals surface area contributed by atoms with Gasteiger partial charge in [-0.3, -0.25) is 28.8 Å². The second-order valence-corrected chi connectivity index (χ2v) is 27.0. The number of hydrogen-bond donors (Lipinski definition) is 3. The number of fused-ring (bicyclic) bond motifs is 4. The Balaban J connectivity index is 0.000000133. The first kappa shape index (κ1) is 59.9. The topological polar surface area (TPSA) is 232 Å². The normalized spacial score (nSPS) is 35.3. The van der Waals surface area contributed by atoms with Crippen LogP contribution in [0.2, 0.25) is 0 Å². The molecule has 0 spiro atoms. The van der Waals surface area contributed by atoms with E-state index in [0.29, 0.717) is 29.8 Å². The number of primary amides is 2. The van der Waals surface area contributed by atoms with E-state index < -0.39 is 5.97 Å². The Kier molecular flexibility index (Phi) is 18.2. The number of allylic oxidation sites excluding steroid dienone is 4. The van der Waals surface area contributed by atoms with Crippen LogP contribution >= 0.6 is 0 Å². The van der Waals surface area contributed by atoms with Crippen molar-refractivity contribution < 1.29 is 33.9 Å². The van der Waals surface area contributed by atoms with Gasteiger partial charge in [0.1, 0.15) is 18.1 Å². The fourth-order valence-corrected chi connectivity index (χ4v) is 16.8. The first-order valence-corrected chi connectivity index (χ1v) is 30.8. The molecule has 432 valence electrons. The standard InChI is InChI=1S/C16H24N2O2.2C16H22N2O.C10H16O2.C7H11NO/c1-3-16(6-4-5-7-16)10(2)15(20)18-12-8-11(12)9-13(18)14(17)19;2*1-3-16(6-4-5-7-16)11(2)15(19)18-13(10-17)8-12-9-14(12)18;1-3-10(6-4-5-7-10)8(2)9(11)12;8-7(9)6-2-4-1-5(4)3-6/h3,10-13H,1,4-9H2,2H3,(H2,17,19);2*3,11-14H,1,4-9H2,2H3;3,8H,1,4-7H2,2H3,(H,11,12);4-6H,1-3H2,(H2,8,9)/t10?,11-,12-,13-;2*11?,12-,13+,14+;;4-,5+,6?/m011../s1. The molecule has 12 aliphatic rings. The van der Waals surface area contributed by atoms with Gasteiger partial charge in [-0.15, -0.1) is 26.3 Å². The number of hydrogen-bond acceptors (Lipinski definition) is 8. The van der Waals surface area contributed by atoms with E-state index >= 15 is 0 Å². The first-order valence-electron chi connectivity index (χ1n) is 30.8. The zero-order valence-corrected chi connectivity index (χ0v) is 48.3. The SMILES string of the molecule is C=CC1(C(C)C(=O)N2[C@H](C#N)C[C@@H]3C[C@@H]32)CCCC1.C=CC1(C(C)C(=O)N2[C@H](C#N)C[C@@H]3C[C@@H]32)CCCC1.C=CC1(C(C)C(=O)N2[C@H](C(N)=O)C[C@@H]3C[C@@H]32)CCCC1.C=CC1(C(C)C(=O)O)CCCC1.NC(=O)C1C[C@@H]2C[C@@H]2C1. The van der Waals surface area contributed by atoms with E-state index in [-0.39, 0.29) is 105 Å². The van der Waals surface area contributed by atoms with Crippen LogP contribution in [0.1, 0.15) is 188 Å². The molecule has 9 saturated carbocycles. The van der Waals surface area contributed by atoms with Crippen molar-refractivity contribution >= 4 is 35.5 Å². The molecule has 12 fully saturated rings. The predicted molar refractivity (Wildman–Crippen MR) is 304 cm³/mol. The van der Waals surface area contributed by atoms with Gasteiger partial charge in [0.05, 0.1) is 18.1 Å². The van der Waals surface area contributed by atoms with Crippen molar-refractivity contribution in [1.29, 1.82) is 10.5 Å². The minimum Gasteiger partial charge on any atom is -0.481 e. The summed E-state index contributed by atoms with van der Waals surface area (Å²) in [5, 5.41) is 27.3. The van der Waals surface area contributed by atoms with Gasteiger partial charge in [0.2, 0.25) is 29.5 Å². The largest absolute Gasteiger partial charge is 0.481 e. The van der Waals surface area contributed by atoms with Crippen LogP contribution in [-0.4, -0.2) is 91.6 Å². The lowest BCUT2D eigenvalue weighted by Crippen LogP contribution is -2.50. The number of carboxylic acids is 1. The number of nitrogens with zero attached hydrogens (tertiary/aromatic N) is 5. The molecular formula is C65H95N7O7. The Morgan fingerprint density at radius 1 is 0.456 bits per heavy atom. The summed E-state index contributed by atoms with van der Waals surface area (Å²) < 4.78 is 0. The van der Waals surface area contributed by atoms with Crippen LogP contribution in [0.15, 0.2) is 50.6 Å². The lowest BCUT2D eigenvalue weighted by atomic mass is 9.74. The van der Waals surface area contributed by atoms with Crippen LogP contribution in [0, 0.1) is 104 Å². The van der Waals surface area contributed by atoms with E-state index in [2.05, 4.69) is 38.5 Å². The molecule has 5 N–H and O–H groups in total. The van der Waals surface area contributed by atoms with Gasteiger partial charge in [-0.1, -0.05) is 103 Å². The molecule has 5 amide bonds. The number of carbonyl (C=O) groups is 6. The Labute approximate surface area is 472 Å². The molecular weight excluding hydrogens is 991 g/mol. The van der Waals surface area contributed by atoms with E-state index in [1.165, 1.54) is 32.1 Å². The molecule has 0 aromatic rings. The Bertz CT molecular complexity index is 2340. The summed E-state index contributed by atoms with van der Waals surface area (Å²) in [6, 6.07) is 4.88. The predicted octanol–water partition coefficient (Wildman–Crippen LogP) is 10.6. The third kappa shape index (κ3) is 11.9. The molecule has 0 bridgehead atoms. The number of aliphatic carboxylic acids is 1. The lowest BCUT2D eigenvalue weighted by molar-refractivity contribution is -0.145. The molecule has 5 unspecified atom stereocenters. The van der Waals surface area contributed by atoms with E-state index in [1.807, 2.05) is 54.9 Å². The highest BCUT2D eigenvalue weighted by molar-refractivity contribution is 5.89. The zero-order chi connectivity index (χ0) is 57.4. The zero-order valence-electron chi connectivity index (χ0n) is 48.3. The minimum atomic E-state index is -0.697. The van der Waals surface area contributed by atoms with Gasteiger partial charge in [-0.2, -0.15) is 10.5 Å². The average Bonchev–Trinajstić information content (AvgIpc) is 4.36. The summed E-state index contributed by atoms with van der Waals surface area (Å²) >= 11 is 0. The molecule has 9 aliphatic carbocycles. The van der Waals surface area contributed by atoms with Crippen LogP contribution in [0.3, 0.4) is 0 Å². The van der Waals surface area contributed by atoms with Gasteiger partial charge in [0.15, 0.2) is 0 Å². The Morgan fingerprint density at radius 2 is 0.759 bits per heavy atom. The monoisotopic (exact) mass is 1090 g/mol. The summed E-state index contributed by atoms with van der Waals surface area (Å²) in [4.78, 5) is 77.2. The maximum Gasteiger partial charge on any atom is 0.307 e. The van der Waals surface area contributed by atoms with Gasteiger partial charge in [0, 0.05) is 47.2 Å². The Hall–Kier alpha value is -5.24. The van der Waals surface area contributed by atoms with Crippen LogP contribution in [0.25, 0.3) is 0 Å². The summed E-state index contributed by atoms with van der Waals surface area (Å²) in [5.41, 5.74) is 10.4. The van der Waals surface area contributed by atoms with Crippen molar-refractivity contribution in [3.8, 4) is 12.1 Å². The number of piperidine rings is 3. The number of carbonyl (C=O) groups excluding carboxylic acids is 5. The third-order valence-electron chi connectivity index (χ3n) is 23.0. The van der Waals surface area contributed by atoms with Crippen molar-refractivity contribution in [3.63, 3.8) is 0 Å². The maximum absolute atomic E-state index is 12.9. The number of nitrogens with two attached hydrogens (primary N) is 2. The molecule has 14 nitrogen and oxygen atoms in total. The molecule has 79 heavy (non-hydrogen) atoms. The maximum atomic E-state index is 12.9. The second-order valence-electron chi connectivity index (χ2n) is 27.0. The smallest absolute Gasteiger partial charge is 0.307 e. The van der Waals surface area contributed by atoms with Crippen molar-refractivity contribution in [2.45, 2.75) is 224 Å². The van der Waals surface area contributed by atoms with Crippen LogP contribution in [-0.2, 0) is 28.8 Å². The summed E-state index contributed by atoms with van der Waals surface area (Å²) in [7, 11) is 0. The van der Waals surface area contributed by atoms with Gasteiger partial charge in [-0.05, 0) is 155 Å². The number of amides is 5. The average molecular weight is 1090 g/mol. The van der Waals surface area contributed by atoms with Crippen LogP contribution < -0.4 is 11.5 Å². The number of rotatable bonds is 14. The number of likely N-dealkylation sites (tertiary alicyclic amines) is 3. The molecule has 0 radical (unpaired) electrons. The fraction of sp³-hybridized carbons (Fsp3) is 0.754. The van der Waals surface area contributed by atoms with E-state index in [9.17, 15) is 39.3 Å². The van der Waals surface area contributed by atoms with E-state index in [1.54, 1.807) is 11.8 Å². The highest BCUT2D eigenvalue weighted by Gasteiger charge is 2.59. The molecule has 3 saturated heterocycles. The van der Waals surface area contributed by atoms with Gasteiger partial charge < -0.3 is 31.3 Å². The van der Waals surface area contributed by atoms with Crippen molar-refractivity contribution in [3.05, 3.63) is 50.6 Å². The van der Waals surface area contributed by atoms with Gasteiger partial charge >= 0.3 is 5.97 Å². The summed E-state index contributed by atoms with van der Waals surface area (Å²) in [6.07, 6.45) is 34.9. The second kappa shape index (κ2) is 24.1. The van der Waals surface area contributed by atoms with E-state index in [0.717, 1.165) is 140 Å². The molecule has 0 aromatic carbocycles. The van der Waals surface area contributed by atoms with Crippen LogP contribution in [0.4, 0.5) is 0 Å². The van der Waals surface area contributed by atoms with Crippen molar-refractivity contribution in [2.24, 2.45) is 92.3 Å². The van der Waals surface area contributed by atoms with Gasteiger partial charge in [0.25, 0.3) is 0 Å². The lowest BCUT2D eigenvalue weighted by Gasteiger charge is -2.36. The number of carboxylic acid groups (broad SMARTS) is 1. The summed E-state index contributed by atoms with van der Waals surface area (Å²) in [6.45, 7) is 23.5. The minimum absolute atomic E-state index is 0.0237. The van der Waals surface area contributed by atoms with Crippen molar-refractivity contribution in [2.75, 3.05) is 0 Å². The molecule has 14 heteroatoms. The highest BCUT2D eigenvalue weighted by Crippen LogP contribution is 2.56. The molecule has 16 atom stereocenters. The molecule has 0 aromatic heterocycles. The third-order valence-corrected chi connectivity index (χ3v) is 23.0. The highest BCUT2D eigenvalue weighted by atomic mass is 16.4. The molecule has 3 heterocycles. The molecule has 12 rings (SSSR count). The quantitative estimate of drug-likeness (QED) is 0.140. The molecule has 3 aliphatic heterocycles. The summed E-state index contributed by atoms with van der Waals surface area (Å²) in [5.74, 6) is 2.64. The van der Waals surface area contributed by atoms with Gasteiger partial charge in [-0.25, -0.2) is 0 Å². The fourth-order valence-electron chi connectivity index (χ4n) is 16.8. The Morgan fingerprint density at radius 3 is 1.04 bits per heavy atom. The first-order chi connectivity index (χ1) is 37.6. The van der Waals surface area contributed by atoms with Crippen LogP contribution in [0.5, 0.6) is 0 Å². The van der Waals surface area contributed by atoms with E-state index in [4.69, 9.17) is 16.6 Å².